The molecule has 0 aliphatic carbocycles. The molecule has 0 atom stereocenters. The van der Waals surface area contributed by atoms with Gasteiger partial charge in [0, 0.05) is 12.4 Å². The number of para-hydroxylation sites is 1. The van der Waals surface area contributed by atoms with Crippen molar-refractivity contribution >= 4 is 5.69 Å². The fraction of sp³-hybridized carbons (Fsp3) is 0. The van der Waals surface area contributed by atoms with Crippen LogP contribution >= 0.6 is 0 Å². The van der Waals surface area contributed by atoms with Gasteiger partial charge in [0.1, 0.15) is 0 Å². The zero-order chi connectivity index (χ0) is 7.52. The highest BCUT2D eigenvalue weighted by Gasteiger charge is 2.03. The third kappa shape index (κ3) is 1.12. The van der Waals surface area contributed by atoms with Crippen molar-refractivity contribution in [1.29, 1.82) is 0 Å². The normalized spacial score (nSPS) is 14.4. The van der Waals surface area contributed by atoms with Gasteiger partial charge in [-0.2, -0.15) is 5.12 Å². The van der Waals surface area contributed by atoms with Crippen LogP contribution < -0.4 is 16.0 Å². The van der Waals surface area contributed by atoms with Crippen LogP contribution in [0.25, 0.3) is 0 Å². The number of hydrazine groups is 2. The first-order valence-corrected chi connectivity index (χ1v) is 3.49. The zero-order valence-electron chi connectivity index (χ0n) is 5.99. The molecule has 1 aliphatic heterocycles. The second-order valence-corrected chi connectivity index (χ2v) is 2.26. The molecule has 0 aromatic heterocycles. The average molecular weight is 147 g/mol. The van der Waals surface area contributed by atoms with E-state index in [4.69, 9.17) is 0 Å². The van der Waals surface area contributed by atoms with E-state index in [1.165, 1.54) is 0 Å². The lowest BCUT2D eigenvalue weighted by Crippen LogP contribution is -2.37. The Bertz CT molecular complexity index is 247. The van der Waals surface area contributed by atoms with E-state index in [0.29, 0.717) is 0 Å². The maximum absolute atomic E-state index is 3.01. The van der Waals surface area contributed by atoms with E-state index in [9.17, 15) is 0 Å². The minimum Gasteiger partial charge on any atom is -0.285 e. The fourth-order valence-electron chi connectivity index (χ4n) is 0.987. The van der Waals surface area contributed by atoms with Gasteiger partial charge in [-0.1, -0.05) is 18.2 Å². The molecule has 0 fully saturated rings. The highest BCUT2D eigenvalue weighted by molar-refractivity contribution is 5.44. The number of nitrogens with one attached hydrogen (secondary N) is 2. The summed E-state index contributed by atoms with van der Waals surface area (Å²) >= 11 is 0. The molecule has 0 bridgehead atoms. The standard InChI is InChI=1S/C8H9N3/c1-2-4-8(5-3-1)11-9-6-7-10-11/h1-7,9-10H. The number of anilines is 1. The van der Waals surface area contributed by atoms with E-state index in [0.717, 1.165) is 5.69 Å². The molecule has 0 spiro atoms. The maximum atomic E-state index is 3.01. The van der Waals surface area contributed by atoms with E-state index in [1.54, 1.807) is 0 Å². The minimum atomic E-state index is 1.09. The number of hydrogen-bond acceptors (Lipinski definition) is 3. The van der Waals surface area contributed by atoms with Gasteiger partial charge in [0.15, 0.2) is 0 Å². The molecular weight excluding hydrogens is 138 g/mol. The zero-order valence-corrected chi connectivity index (χ0v) is 5.99. The molecule has 1 aromatic carbocycles. The molecule has 56 valence electrons. The molecule has 0 unspecified atom stereocenters. The second-order valence-electron chi connectivity index (χ2n) is 2.26. The molecule has 1 heterocycles. The number of benzene rings is 1. The van der Waals surface area contributed by atoms with Crippen LogP contribution in [0.2, 0.25) is 0 Å². The van der Waals surface area contributed by atoms with Crippen LogP contribution in [0.5, 0.6) is 0 Å². The van der Waals surface area contributed by atoms with Crippen molar-refractivity contribution in [3.63, 3.8) is 0 Å². The van der Waals surface area contributed by atoms with Crippen molar-refractivity contribution < 1.29 is 0 Å². The van der Waals surface area contributed by atoms with Crippen LogP contribution in [0.1, 0.15) is 0 Å². The molecule has 0 amide bonds. The SMILES string of the molecule is C1=CNN(c2ccccc2)N1. The first-order valence-electron chi connectivity index (χ1n) is 3.49. The van der Waals surface area contributed by atoms with Gasteiger partial charge in [0.05, 0.1) is 5.69 Å². The molecule has 11 heavy (non-hydrogen) atoms. The van der Waals surface area contributed by atoms with Crippen molar-refractivity contribution in [2.75, 3.05) is 5.12 Å². The third-order valence-corrected chi connectivity index (χ3v) is 1.50. The molecule has 0 saturated heterocycles. The van der Waals surface area contributed by atoms with Gasteiger partial charge in [0.25, 0.3) is 0 Å². The Balaban J connectivity index is 2.17. The lowest BCUT2D eigenvalue weighted by atomic mass is 10.3. The summed E-state index contributed by atoms with van der Waals surface area (Å²) in [6, 6.07) is 10.0. The van der Waals surface area contributed by atoms with Gasteiger partial charge in [-0.05, 0) is 12.1 Å². The Morgan fingerprint density at radius 3 is 2.18 bits per heavy atom. The Hall–Kier alpha value is -1.64. The molecule has 2 N–H and O–H groups in total. The van der Waals surface area contributed by atoms with Crippen LogP contribution in [0.4, 0.5) is 5.69 Å². The number of nitrogens with zero attached hydrogens (tertiary/aromatic N) is 1. The first-order chi connectivity index (χ1) is 5.47. The van der Waals surface area contributed by atoms with Crippen LogP contribution in [0, 0.1) is 0 Å². The third-order valence-electron chi connectivity index (χ3n) is 1.50. The van der Waals surface area contributed by atoms with E-state index >= 15 is 0 Å². The predicted molar refractivity (Wildman–Crippen MR) is 44.3 cm³/mol. The van der Waals surface area contributed by atoms with E-state index < -0.39 is 0 Å². The summed E-state index contributed by atoms with van der Waals surface area (Å²) < 4.78 is 0. The largest absolute Gasteiger partial charge is 0.285 e. The van der Waals surface area contributed by atoms with Gasteiger partial charge in [-0.15, -0.1) is 0 Å². The van der Waals surface area contributed by atoms with Crippen LogP contribution in [-0.2, 0) is 0 Å². The summed E-state index contributed by atoms with van der Waals surface area (Å²) in [5.74, 6) is 0. The van der Waals surface area contributed by atoms with Crippen LogP contribution in [-0.4, -0.2) is 0 Å². The molecule has 0 radical (unpaired) electrons. The summed E-state index contributed by atoms with van der Waals surface area (Å²) in [5, 5.41) is 1.83. The Morgan fingerprint density at radius 1 is 0.909 bits per heavy atom. The fourth-order valence-corrected chi connectivity index (χ4v) is 0.987. The van der Waals surface area contributed by atoms with Gasteiger partial charge in [-0.3, -0.25) is 10.9 Å². The van der Waals surface area contributed by atoms with Crippen molar-refractivity contribution in [3.05, 3.63) is 42.7 Å². The molecular formula is C8H9N3. The molecule has 3 heteroatoms. The molecule has 2 rings (SSSR count). The highest BCUT2D eigenvalue weighted by atomic mass is 15.7. The maximum Gasteiger partial charge on any atom is 0.0811 e. The second kappa shape index (κ2) is 2.54. The molecule has 1 aromatic rings. The van der Waals surface area contributed by atoms with Crippen molar-refractivity contribution in [1.82, 2.24) is 10.9 Å². The number of hydrogen-bond donors (Lipinski definition) is 2. The van der Waals surface area contributed by atoms with Crippen LogP contribution in [0.3, 0.4) is 0 Å². The van der Waals surface area contributed by atoms with E-state index in [2.05, 4.69) is 10.9 Å². The van der Waals surface area contributed by atoms with Gasteiger partial charge >= 0.3 is 0 Å². The quantitative estimate of drug-likeness (QED) is 0.620. The lowest BCUT2D eigenvalue weighted by molar-refractivity contribution is 0.730. The Morgan fingerprint density at radius 2 is 1.55 bits per heavy atom. The average Bonchev–Trinajstić information content (AvgIpc) is 2.58. The number of rotatable bonds is 1. The van der Waals surface area contributed by atoms with Crippen molar-refractivity contribution in [2.24, 2.45) is 0 Å². The van der Waals surface area contributed by atoms with E-state index in [1.807, 2.05) is 47.8 Å². The van der Waals surface area contributed by atoms with Crippen LogP contribution in [0.15, 0.2) is 42.7 Å². The summed E-state index contributed by atoms with van der Waals surface area (Å²) in [6.45, 7) is 0. The summed E-state index contributed by atoms with van der Waals surface area (Å²) in [6.07, 6.45) is 3.68. The minimum absolute atomic E-state index is 1.09. The Kier molecular flexibility index (Phi) is 1.41. The predicted octanol–water partition coefficient (Wildman–Crippen LogP) is 0.987. The smallest absolute Gasteiger partial charge is 0.0811 e. The van der Waals surface area contributed by atoms with E-state index in [-0.39, 0.29) is 0 Å². The summed E-state index contributed by atoms with van der Waals surface area (Å²) in [4.78, 5) is 0. The van der Waals surface area contributed by atoms with Crippen molar-refractivity contribution in [2.45, 2.75) is 0 Å². The van der Waals surface area contributed by atoms with Gasteiger partial charge < -0.3 is 0 Å². The topological polar surface area (TPSA) is 27.3 Å². The van der Waals surface area contributed by atoms with Gasteiger partial charge in [0.2, 0.25) is 0 Å². The lowest BCUT2D eigenvalue weighted by Gasteiger charge is -2.17. The monoisotopic (exact) mass is 147 g/mol. The molecule has 3 nitrogen and oxygen atoms in total. The summed E-state index contributed by atoms with van der Waals surface area (Å²) in [5.41, 5.74) is 7.12. The summed E-state index contributed by atoms with van der Waals surface area (Å²) in [7, 11) is 0. The first kappa shape index (κ1) is 6.09. The highest BCUT2D eigenvalue weighted by Crippen LogP contribution is 2.09. The molecule has 0 saturated carbocycles. The van der Waals surface area contributed by atoms with Gasteiger partial charge in [-0.25, -0.2) is 0 Å². The Labute approximate surface area is 65.3 Å². The van der Waals surface area contributed by atoms with Crippen molar-refractivity contribution in [3.8, 4) is 0 Å². The molecule has 1 aliphatic rings.